The van der Waals surface area contributed by atoms with E-state index in [1.54, 1.807) is 0 Å². The molecule has 0 spiro atoms. The Balaban J connectivity index is 2.43. The summed E-state index contributed by atoms with van der Waals surface area (Å²) >= 11 is 0. The lowest BCUT2D eigenvalue weighted by Crippen LogP contribution is -2.37. The van der Waals surface area contributed by atoms with Gasteiger partial charge in [0.25, 0.3) is 0 Å². The van der Waals surface area contributed by atoms with E-state index in [0.29, 0.717) is 12.8 Å². The van der Waals surface area contributed by atoms with E-state index in [9.17, 15) is 13.6 Å². The Hall–Kier alpha value is -0.670. The molecule has 1 rings (SSSR count). The highest BCUT2D eigenvalue weighted by atomic mass is 19.3. The summed E-state index contributed by atoms with van der Waals surface area (Å²) in [5.41, 5.74) is 0. The van der Waals surface area contributed by atoms with Crippen LogP contribution in [0.4, 0.5) is 8.78 Å². The van der Waals surface area contributed by atoms with Crippen LogP contribution in [0.1, 0.15) is 12.8 Å². The van der Waals surface area contributed by atoms with E-state index in [4.69, 9.17) is 5.11 Å². The van der Waals surface area contributed by atoms with Gasteiger partial charge in [-0.05, 0) is 12.8 Å². The molecule has 0 aromatic carbocycles. The SMILES string of the molecule is O=C(O)[C@@H]1CC[C@H]1C(F)F. The van der Waals surface area contributed by atoms with E-state index in [1.165, 1.54) is 0 Å². The second kappa shape index (κ2) is 2.52. The van der Waals surface area contributed by atoms with Gasteiger partial charge in [-0.1, -0.05) is 0 Å². The first-order valence-corrected chi connectivity index (χ1v) is 3.14. The molecule has 1 aliphatic rings. The van der Waals surface area contributed by atoms with E-state index >= 15 is 0 Å². The predicted octanol–water partition coefficient (Wildman–Crippen LogP) is 1.36. The number of carboxylic acid groups (broad SMARTS) is 1. The van der Waals surface area contributed by atoms with Gasteiger partial charge in [-0.15, -0.1) is 0 Å². The molecule has 0 aromatic rings. The van der Waals surface area contributed by atoms with E-state index in [1.807, 2.05) is 0 Å². The van der Waals surface area contributed by atoms with Gasteiger partial charge in [-0.3, -0.25) is 4.79 Å². The number of carbonyl (C=O) groups is 1. The maximum atomic E-state index is 11.8. The van der Waals surface area contributed by atoms with E-state index in [-0.39, 0.29) is 0 Å². The molecule has 0 saturated heterocycles. The summed E-state index contributed by atoms with van der Waals surface area (Å²) in [5, 5.41) is 8.32. The van der Waals surface area contributed by atoms with Crippen LogP contribution in [0.5, 0.6) is 0 Å². The highest BCUT2D eigenvalue weighted by molar-refractivity contribution is 5.71. The summed E-state index contributed by atoms with van der Waals surface area (Å²) < 4.78 is 23.7. The average Bonchev–Trinajstić information content (AvgIpc) is 1.56. The first kappa shape index (κ1) is 7.44. The fourth-order valence-electron chi connectivity index (χ4n) is 1.13. The highest BCUT2D eigenvalue weighted by Gasteiger charge is 2.42. The maximum absolute atomic E-state index is 11.8. The Bertz CT molecular complexity index is 147. The third-order valence-corrected chi connectivity index (χ3v) is 1.97. The highest BCUT2D eigenvalue weighted by Crippen LogP contribution is 2.38. The molecule has 0 aromatic heterocycles. The summed E-state index contributed by atoms with van der Waals surface area (Å²) in [6.07, 6.45) is -1.70. The molecule has 0 radical (unpaired) electrons. The molecule has 2 nitrogen and oxygen atoms in total. The van der Waals surface area contributed by atoms with Gasteiger partial charge in [0.2, 0.25) is 6.43 Å². The molecule has 1 aliphatic carbocycles. The Morgan fingerprint density at radius 1 is 1.50 bits per heavy atom. The summed E-state index contributed by atoms with van der Waals surface area (Å²) in [7, 11) is 0. The summed E-state index contributed by atoms with van der Waals surface area (Å²) in [6, 6.07) is 0. The Kier molecular flexibility index (Phi) is 1.87. The van der Waals surface area contributed by atoms with Gasteiger partial charge in [0.15, 0.2) is 0 Å². The molecule has 2 atom stereocenters. The van der Waals surface area contributed by atoms with Crippen molar-refractivity contribution in [2.45, 2.75) is 19.3 Å². The van der Waals surface area contributed by atoms with Crippen molar-refractivity contribution < 1.29 is 18.7 Å². The fourth-order valence-corrected chi connectivity index (χ4v) is 1.13. The second-order valence-corrected chi connectivity index (χ2v) is 2.52. The van der Waals surface area contributed by atoms with Crippen LogP contribution in [-0.2, 0) is 4.79 Å². The Labute approximate surface area is 56.8 Å². The van der Waals surface area contributed by atoms with Crippen LogP contribution in [0, 0.1) is 11.8 Å². The zero-order valence-electron chi connectivity index (χ0n) is 5.26. The third-order valence-electron chi connectivity index (χ3n) is 1.97. The van der Waals surface area contributed by atoms with Crippen LogP contribution in [0.2, 0.25) is 0 Å². The van der Waals surface area contributed by atoms with Gasteiger partial charge in [0.05, 0.1) is 5.92 Å². The smallest absolute Gasteiger partial charge is 0.306 e. The molecule has 0 heterocycles. The number of halogens is 2. The molecular weight excluding hydrogens is 142 g/mol. The Morgan fingerprint density at radius 2 is 2.10 bits per heavy atom. The fraction of sp³-hybridized carbons (Fsp3) is 0.833. The van der Waals surface area contributed by atoms with Crippen LogP contribution < -0.4 is 0 Å². The molecule has 0 bridgehead atoms. The standard InChI is InChI=1S/C6H8F2O2/c7-5(8)3-1-2-4(3)6(9)10/h3-5H,1-2H2,(H,9,10)/t3-,4-/m1/s1. The lowest BCUT2D eigenvalue weighted by molar-refractivity contribution is -0.152. The minimum absolute atomic E-state index is 0.356. The van der Waals surface area contributed by atoms with Crippen molar-refractivity contribution in [1.29, 1.82) is 0 Å². The van der Waals surface area contributed by atoms with Crippen molar-refractivity contribution in [3.8, 4) is 0 Å². The minimum Gasteiger partial charge on any atom is -0.481 e. The lowest BCUT2D eigenvalue weighted by atomic mass is 9.74. The summed E-state index contributed by atoms with van der Waals surface area (Å²) in [6.45, 7) is 0. The first-order valence-electron chi connectivity index (χ1n) is 3.14. The molecule has 0 unspecified atom stereocenters. The average molecular weight is 150 g/mol. The van der Waals surface area contributed by atoms with Crippen molar-refractivity contribution >= 4 is 5.97 Å². The van der Waals surface area contributed by atoms with Gasteiger partial charge in [0, 0.05) is 5.92 Å². The van der Waals surface area contributed by atoms with Gasteiger partial charge in [-0.2, -0.15) is 0 Å². The molecule has 1 saturated carbocycles. The third kappa shape index (κ3) is 1.10. The molecular formula is C6H8F2O2. The number of carboxylic acids is 1. The van der Waals surface area contributed by atoms with Crippen LogP contribution in [-0.4, -0.2) is 17.5 Å². The van der Waals surface area contributed by atoms with Crippen molar-refractivity contribution in [3.63, 3.8) is 0 Å². The number of aliphatic carboxylic acids is 1. The van der Waals surface area contributed by atoms with Crippen molar-refractivity contribution in [2.24, 2.45) is 11.8 Å². The van der Waals surface area contributed by atoms with E-state index in [2.05, 4.69) is 0 Å². The zero-order chi connectivity index (χ0) is 7.72. The predicted molar refractivity (Wildman–Crippen MR) is 29.9 cm³/mol. The molecule has 1 fully saturated rings. The number of rotatable bonds is 2. The molecule has 0 amide bonds. The lowest BCUT2D eigenvalue weighted by Gasteiger charge is -2.32. The van der Waals surface area contributed by atoms with Gasteiger partial charge in [-0.25, -0.2) is 8.78 Å². The monoisotopic (exact) mass is 150 g/mol. The van der Waals surface area contributed by atoms with Gasteiger partial charge >= 0.3 is 5.97 Å². The van der Waals surface area contributed by atoms with Crippen molar-refractivity contribution in [1.82, 2.24) is 0 Å². The van der Waals surface area contributed by atoms with Gasteiger partial charge in [0.1, 0.15) is 0 Å². The topological polar surface area (TPSA) is 37.3 Å². The van der Waals surface area contributed by atoms with Crippen LogP contribution in [0.25, 0.3) is 0 Å². The summed E-state index contributed by atoms with van der Waals surface area (Å²) in [5.74, 6) is -2.77. The van der Waals surface area contributed by atoms with E-state index < -0.39 is 24.2 Å². The Morgan fingerprint density at radius 3 is 2.20 bits per heavy atom. The van der Waals surface area contributed by atoms with Crippen LogP contribution in [0.15, 0.2) is 0 Å². The quantitative estimate of drug-likeness (QED) is 0.645. The first-order chi connectivity index (χ1) is 4.63. The number of alkyl halides is 2. The van der Waals surface area contributed by atoms with Crippen LogP contribution >= 0.6 is 0 Å². The van der Waals surface area contributed by atoms with E-state index in [0.717, 1.165) is 0 Å². The number of hydrogen-bond acceptors (Lipinski definition) is 1. The van der Waals surface area contributed by atoms with Crippen LogP contribution in [0.3, 0.4) is 0 Å². The molecule has 0 aliphatic heterocycles. The van der Waals surface area contributed by atoms with Crippen molar-refractivity contribution in [3.05, 3.63) is 0 Å². The van der Waals surface area contributed by atoms with Gasteiger partial charge < -0.3 is 5.11 Å². The summed E-state index contributed by atoms with van der Waals surface area (Å²) in [4.78, 5) is 10.2. The molecule has 4 heteroatoms. The molecule has 58 valence electrons. The molecule has 10 heavy (non-hydrogen) atoms. The van der Waals surface area contributed by atoms with Crippen molar-refractivity contribution in [2.75, 3.05) is 0 Å². The zero-order valence-corrected chi connectivity index (χ0v) is 5.26. The minimum atomic E-state index is -2.46. The molecule has 1 N–H and O–H groups in total. The normalized spacial score (nSPS) is 31.9. The number of hydrogen-bond donors (Lipinski definition) is 1. The second-order valence-electron chi connectivity index (χ2n) is 2.52. The maximum Gasteiger partial charge on any atom is 0.306 e. The largest absolute Gasteiger partial charge is 0.481 e.